The Labute approximate surface area is 323 Å². The molecule has 1 spiro atoms. The largest absolute Gasteiger partial charge is 0.399 e. The average molecular weight is 721 g/mol. The van der Waals surface area contributed by atoms with E-state index in [1.807, 2.05) is 60.3 Å². The minimum atomic E-state index is -0.608. The molecule has 1 aliphatic carbocycles. The zero-order valence-corrected chi connectivity index (χ0v) is 30.5. The lowest BCUT2D eigenvalue weighted by molar-refractivity contribution is 0.723. The fourth-order valence-electron chi connectivity index (χ4n) is 8.65. The van der Waals surface area contributed by atoms with Crippen LogP contribution in [0.25, 0.3) is 67.2 Å². The number of benzene rings is 8. The molecule has 9 aromatic rings. The van der Waals surface area contributed by atoms with Gasteiger partial charge in [0.2, 0.25) is 0 Å². The summed E-state index contributed by atoms with van der Waals surface area (Å²) in [6.45, 7) is 0. The van der Waals surface area contributed by atoms with Crippen LogP contribution in [-0.4, -0.2) is 15.0 Å². The predicted molar refractivity (Wildman–Crippen MR) is 225 cm³/mol. The Bertz CT molecular complexity index is 2900. The molecule has 2 aliphatic rings. The quantitative estimate of drug-likeness (QED) is 0.183. The predicted octanol–water partition coefficient (Wildman–Crippen LogP) is 12.1. The maximum Gasteiger partial charge on any atom is 0.164 e. The summed E-state index contributed by atoms with van der Waals surface area (Å²) < 4.78 is 0. The fourth-order valence-corrected chi connectivity index (χ4v) is 9.80. The van der Waals surface area contributed by atoms with Gasteiger partial charge in [0, 0.05) is 32.2 Å². The number of anilines is 1. The van der Waals surface area contributed by atoms with Crippen LogP contribution in [0, 0.1) is 0 Å². The van der Waals surface area contributed by atoms with E-state index in [0.717, 1.165) is 33.5 Å². The summed E-state index contributed by atoms with van der Waals surface area (Å²) in [5.41, 5.74) is 19.0. The maximum atomic E-state index is 6.14. The molecule has 11 rings (SSSR count). The zero-order chi connectivity index (χ0) is 36.5. The summed E-state index contributed by atoms with van der Waals surface area (Å²) in [4.78, 5) is 17.8. The van der Waals surface area contributed by atoms with Crippen molar-refractivity contribution in [2.24, 2.45) is 0 Å². The molecule has 5 heteroatoms. The van der Waals surface area contributed by atoms with Gasteiger partial charge in [-0.25, -0.2) is 15.0 Å². The molecule has 0 saturated heterocycles. The number of rotatable bonds is 4. The molecule has 258 valence electrons. The monoisotopic (exact) mass is 720 g/mol. The van der Waals surface area contributed by atoms with Crippen LogP contribution in [0.5, 0.6) is 0 Å². The highest BCUT2D eigenvalue weighted by molar-refractivity contribution is 7.99. The van der Waals surface area contributed by atoms with E-state index in [4.69, 9.17) is 20.7 Å². The van der Waals surface area contributed by atoms with Gasteiger partial charge in [-0.3, -0.25) is 0 Å². The standard InChI is InChI=1S/C50H32N4S/c51-37-24-19-31(20-25-37)35-22-27-44-42(29-35)50(40-18-10-9-17-39(40)46-38-16-8-7-11-32(38)21-26-41(46)50)43-30-36(23-28-45(43)55-44)49-53-47(33-12-3-1-4-13-33)52-48(54-49)34-14-5-2-6-15-34/h1-30H,51H2. The maximum absolute atomic E-state index is 6.14. The van der Waals surface area contributed by atoms with Gasteiger partial charge in [-0.15, -0.1) is 0 Å². The molecule has 0 amide bonds. The van der Waals surface area contributed by atoms with E-state index in [-0.39, 0.29) is 0 Å². The summed E-state index contributed by atoms with van der Waals surface area (Å²) >= 11 is 1.83. The van der Waals surface area contributed by atoms with E-state index in [1.165, 1.54) is 53.9 Å². The van der Waals surface area contributed by atoms with Crippen LogP contribution in [0.1, 0.15) is 22.3 Å². The smallest absolute Gasteiger partial charge is 0.164 e. The van der Waals surface area contributed by atoms with Crippen molar-refractivity contribution in [1.29, 1.82) is 0 Å². The van der Waals surface area contributed by atoms with E-state index in [1.54, 1.807) is 0 Å². The first-order valence-corrected chi connectivity index (χ1v) is 19.3. The number of nitrogens with zero attached hydrogens (tertiary/aromatic N) is 3. The Hall–Kier alpha value is -6.82. The highest BCUT2D eigenvalue weighted by atomic mass is 32.2. The second-order valence-electron chi connectivity index (χ2n) is 14.2. The van der Waals surface area contributed by atoms with Crippen molar-refractivity contribution in [3.05, 3.63) is 204 Å². The summed E-state index contributed by atoms with van der Waals surface area (Å²) in [7, 11) is 0. The third-order valence-electron chi connectivity index (χ3n) is 11.1. The second-order valence-corrected chi connectivity index (χ2v) is 15.3. The van der Waals surface area contributed by atoms with Crippen molar-refractivity contribution in [1.82, 2.24) is 15.0 Å². The van der Waals surface area contributed by atoms with Crippen LogP contribution in [0.3, 0.4) is 0 Å². The lowest BCUT2D eigenvalue weighted by Gasteiger charge is -2.40. The van der Waals surface area contributed by atoms with E-state index in [9.17, 15) is 0 Å². The van der Waals surface area contributed by atoms with Gasteiger partial charge in [-0.1, -0.05) is 157 Å². The molecule has 55 heavy (non-hydrogen) atoms. The molecule has 2 heterocycles. The molecular formula is C50H32N4S. The second kappa shape index (κ2) is 12.4. The normalized spacial score (nSPS) is 15.0. The number of nitrogen functional groups attached to an aromatic ring is 1. The van der Waals surface area contributed by atoms with Crippen molar-refractivity contribution >= 4 is 28.2 Å². The summed E-state index contributed by atoms with van der Waals surface area (Å²) in [6.07, 6.45) is 0. The van der Waals surface area contributed by atoms with Crippen LogP contribution in [-0.2, 0) is 5.41 Å². The number of aromatic nitrogens is 3. The molecule has 0 radical (unpaired) electrons. The molecule has 0 bridgehead atoms. The number of hydrogen-bond donors (Lipinski definition) is 1. The molecule has 0 saturated carbocycles. The van der Waals surface area contributed by atoms with Crippen LogP contribution >= 0.6 is 11.8 Å². The molecule has 2 N–H and O–H groups in total. The first-order valence-electron chi connectivity index (χ1n) is 18.5. The fraction of sp³-hybridized carbons (Fsp3) is 0.0200. The molecule has 0 fully saturated rings. The van der Waals surface area contributed by atoms with Gasteiger partial charge in [-0.2, -0.15) is 0 Å². The topological polar surface area (TPSA) is 64.7 Å². The van der Waals surface area contributed by atoms with E-state index in [2.05, 4.69) is 133 Å². The van der Waals surface area contributed by atoms with Crippen molar-refractivity contribution in [3.8, 4) is 56.4 Å². The Kier molecular flexibility index (Phi) is 7.13. The molecule has 1 atom stereocenters. The molecule has 1 aliphatic heterocycles. The summed E-state index contributed by atoms with van der Waals surface area (Å²) in [5, 5.41) is 2.49. The first-order chi connectivity index (χ1) is 27.1. The highest BCUT2D eigenvalue weighted by Crippen LogP contribution is 2.63. The number of fused-ring (bicyclic) bond motifs is 11. The van der Waals surface area contributed by atoms with Crippen LogP contribution in [0.4, 0.5) is 5.69 Å². The van der Waals surface area contributed by atoms with Gasteiger partial charge in [0.25, 0.3) is 0 Å². The van der Waals surface area contributed by atoms with Crippen molar-refractivity contribution in [3.63, 3.8) is 0 Å². The highest BCUT2D eigenvalue weighted by Gasteiger charge is 2.51. The minimum Gasteiger partial charge on any atom is -0.399 e. The molecule has 1 aromatic heterocycles. The van der Waals surface area contributed by atoms with Gasteiger partial charge in [0.05, 0.1) is 5.41 Å². The van der Waals surface area contributed by atoms with Gasteiger partial charge < -0.3 is 5.73 Å². The first kappa shape index (κ1) is 31.7. The lowest BCUT2D eigenvalue weighted by Crippen LogP contribution is -2.32. The van der Waals surface area contributed by atoms with Gasteiger partial charge >= 0.3 is 0 Å². The minimum absolute atomic E-state index is 0.608. The van der Waals surface area contributed by atoms with Crippen molar-refractivity contribution in [2.45, 2.75) is 15.2 Å². The molecule has 8 aromatic carbocycles. The van der Waals surface area contributed by atoms with E-state index >= 15 is 0 Å². The summed E-state index contributed by atoms with van der Waals surface area (Å²) in [6, 6.07) is 64.7. The van der Waals surface area contributed by atoms with E-state index < -0.39 is 5.41 Å². The van der Waals surface area contributed by atoms with Gasteiger partial charge in [-0.05, 0) is 91.7 Å². The number of nitrogens with two attached hydrogens (primary N) is 1. The van der Waals surface area contributed by atoms with Crippen molar-refractivity contribution < 1.29 is 0 Å². The van der Waals surface area contributed by atoms with Crippen LogP contribution < -0.4 is 5.73 Å². The van der Waals surface area contributed by atoms with Gasteiger partial charge in [0.15, 0.2) is 17.5 Å². The number of hydrogen-bond acceptors (Lipinski definition) is 5. The van der Waals surface area contributed by atoms with Crippen LogP contribution in [0.2, 0.25) is 0 Å². The Morgan fingerprint density at radius 2 is 0.945 bits per heavy atom. The lowest BCUT2D eigenvalue weighted by atomic mass is 9.66. The van der Waals surface area contributed by atoms with Crippen molar-refractivity contribution in [2.75, 3.05) is 5.73 Å². The SMILES string of the molecule is Nc1ccc(-c2ccc3c(c2)C2(c4cc(-c5nc(-c6ccccc6)nc(-c6ccccc6)n5)ccc4S3)c3ccccc3-c3c2ccc2ccccc32)cc1. The molecular weight excluding hydrogens is 689 g/mol. The Balaban J connectivity index is 1.21. The average Bonchev–Trinajstić information content (AvgIpc) is 3.55. The van der Waals surface area contributed by atoms with E-state index in [0.29, 0.717) is 17.5 Å². The third-order valence-corrected chi connectivity index (χ3v) is 12.3. The zero-order valence-electron chi connectivity index (χ0n) is 29.6. The summed E-state index contributed by atoms with van der Waals surface area (Å²) in [5.74, 6) is 1.93. The van der Waals surface area contributed by atoms with Crippen LogP contribution in [0.15, 0.2) is 192 Å². The Morgan fingerprint density at radius 3 is 1.64 bits per heavy atom. The molecule has 1 unspecified atom stereocenters. The van der Waals surface area contributed by atoms with Gasteiger partial charge in [0.1, 0.15) is 0 Å². The third kappa shape index (κ3) is 4.90. The molecule has 4 nitrogen and oxygen atoms in total. The Morgan fingerprint density at radius 1 is 0.400 bits per heavy atom.